The van der Waals surface area contributed by atoms with Crippen molar-refractivity contribution < 1.29 is 13.9 Å². The second kappa shape index (κ2) is 7.16. The van der Waals surface area contributed by atoms with Crippen LogP contribution in [0.4, 0.5) is 0 Å². The fourth-order valence-electron chi connectivity index (χ4n) is 4.41. The van der Waals surface area contributed by atoms with Gasteiger partial charge in [-0.2, -0.15) is 0 Å². The SMILES string of the molecule is Cc1ccc(CN2CCOCC3(CCC(CN4CCCC4)O3)C2)o1. The second-order valence-corrected chi connectivity index (χ2v) is 7.74. The summed E-state index contributed by atoms with van der Waals surface area (Å²) in [6.07, 6.45) is 5.33. The van der Waals surface area contributed by atoms with E-state index in [9.17, 15) is 0 Å². The fraction of sp³-hybridized carbons (Fsp3) is 0.789. The van der Waals surface area contributed by atoms with Crippen molar-refractivity contribution in [3.8, 4) is 0 Å². The van der Waals surface area contributed by atoms with Crippen molar-refractivity contribution in [3.05, 3.63) is 23.7 Å². The topological polar surface area (TPSA) is 38.1 Å². The minimum atomic E-state index is -0.122. The average Bonchev–Trinajstić information content (AvgIpc) is 3.25. The van der Waals surface area contributed by atoms with E-state index in [4.69, 9.17) is 13.9 Å². The lowest BCUT2D eigenvalue weighted by molar-refractivity contribution is -0.0916. The van der Waals surface area contributed by atoms with Crippen LogP contribution in [-0.2, 0) is 16.0 Å². The number of likely N-dealkylation sites (tertiary alicyclic amines) is 1. The lowest BCUT2D eigenvalue weighted by Crippen LogP contribution is -2.45. The van der Waals surface area contributed by atoms with Crippen LogP contribution in [0.25, 0.3) is 0 Å². The van der Waals surface area contributed by atoms with Crippen LogP contribution in [0.1, 0.15) is 37.2 Å². The van der Waals surface area contributed by atoms with Gasteiger partial charge in [-0.25, -0.2) is 0 Å². The molecule has 0 aromatic carbocycles. The molecular formula is C19H30N2O3. The number of rotatable bonds is 4. The van der Waals surface area contributed by atoms with E-state index >= 15 is 0 Å². The van der Waals surface area contributed by atoms with Crippen LogP contribution in [0.15, 0.2) is 16.5 Å². The molecule has 3 saturated heterocycles. The Hall–Kier alpha value is -0.880. The predicted molar refractivity (Wildman–Crippen MR) is 92.1 cm³/mol. The number of hydrogen-bond donors (Lipinski definition) is 0. The predicted octanol–water partition coefficient (Wildman–Crippen LogP) is 2.43. The number of furan rings is 1. The molecule has 0 saturated carbocycles. The summed E-state index contributed by atoms with van der Waals surface area (Å²) in [4.78, 5) is 4.99. The maximum atomic E-state index is 6.57. The Morgan fingerprint density at radius 1 is 1.17 bits per heavy atom. The van der Waals surface area contributed by atoms with Crippen LogP contribution in [0.2, 0.25) is 0 Å². The van der Waals surface area contributed by atoms with E-state index in [2.05, 4.69) is 15.9 Å². The Balaban J connectivity index is 1.36. The molecule has 24 heavy (non-hydrogen) atoms. The van der Waals surface area contributed by atoms with Gasteiger partial charge in [-0.1, -0.05) is 0 Å². The van der Waals surface area contributed by atoms with E-state index in [1.165, 1.54) is 25.9 Å². The molecule has 5 heteroatoms. The smallest absolute Gasteiger partial charge is 0.118 e. The van der Waals surface area contributed by atoms with Crippen molar-refractivity contribution in [2.24, 2.45) is 0 Å². The van der Waals surface area contributed by atoms with Gasteiger partial charge < -0.3 is 18.8 Å². The molecule has 3 aliphatic heterocycles. The minimum absolute atomic E-state index is 0.122. The Morgan fingerprint density at radius 2 is 2.04 bits per heavy atom. The van der Waals surface area contributed by atoms with Gasteiger partial charge in [0.15, 0.2) is 0 Å². The van der Waals surface area contributed by atoms with Crippen LogP contribution in [-0.4, -0.2) is 67.4 Å². The summed E-state index contributed by atoms with van der Waals surface area (Å²) in [5.41, 5.74) is -0.122. The highest BCUT2D eigenvalue weighted by molar-refractivity contribution is 5.06. The van der Waals surface area contributed by atoms with E-state index in [0.29, 0.717) is 6.10 Å². The summed E-state index contributed by atoms with van der Waals surface area (Å²) in [6, 6.07) is 4.12. The first-order valence-corrected chi connectivity index (χ1v) is 9.46. The number of ether oxygens (including phenoxy) is 2. The zero-order valence-corrected chi connectivity index (χ0v) is 14.8. The van der Waals surface area contributed by atoms with Gasteiger partial charge in [-0.05, 0) is 57.8 Å². The van der Waals surface area contributed by atoms with Gasteiger partial charge >= 0.3 is 0 Å². The third kappa shape index (κ3) is 3.85. The summed E-state index contributed by atoms with van der Waals surface area (Å²) in [5.74, 6) is 2.02. The van der Waals surface area contributed by atoms with E-state index in [-0.39, 0.29) is 5.60 Å². The van der Waals surface area contributed by atoms with Gasteiger partial charge in [0.1, 0.15) is 17.1 Å². The van der Waals surface area contributed by atoms with E-state index in [0.717, 1.165) is 63.8 Å². The third-order valence-corrected chi connectivity index (χ3v) is 5.60. The van der Waals surface area contributed by atoms with Gasteiger partial charge in [0.05, 0.1) is 25.9 Å². The van der Waals surface area contributed by atoms with Crippen LogP contribution in [0.5, 0.6) is 0 Å². The standard InChI is InChI=1S/C19H30N2O3/c1-16-4-5-17(23-16)12-21-10-11-22-15-19(14-21)7-6-18(24-19)13-20-8-2-3-9-20/h4-5,18H,2-3,6-15H2,1H3. The fourth-order valence-corrected chi connectivity index (χ4v) is 4.41. The van der Waals surface area contributed by atoms with Gasteiger partial charge in [0.25, 0.3) is 0 Å². The number of hydrogen-bond acceptors (Lipinski definition) is 5. The highest BCUT2D eigenvalue weighted by Crippen LogP contribution is 2.34. The maximum absolute atomic E-state index is 6.57. The van der Waals surface area contributed by atoms with Gasteiger partial charge in [-0.15, -0.1) is 0 Å². The van der Waals surface area contributed by atoms with Crippen molar-refractivity contribution in [2.45, 2.75) is 50.9 Å². The molecule has 4 heterocycles. The highest BCUT2D eigenvalue weighted by atomic mass is 16.6. The van der Waals surface area contributed by atoms with Crippen molar-refractivity contribution in [3.63, 3.8) is 0 Å². The minimum Gasteiger partial charge on any atom is -0.465 e. The van der Waals surface area contributed by atoms with Crippen LogP contribution < -0.4 is 0 Å². The van der Waals surface area contributed by atoms with Crippen molar-refractivity contribution >= 4 is 0 Å². The first-order valence-electron chi connectivity index (χ1n) is 9.46. The number of nitrogens with zero attached hydrogens (tertiary/aromatic N) is 2. The first-order chi connectivity index (χ1) is 11.7. The lowest BCUT2D eigenvalue weighted by atomic mass is 10.00. The van der Waals surface area contributed by atoms with Gasteiger partial charge in [-0.3, -0.25) is 4.90 Å². The Bertz CT molecular complexity index is 540. The summed E-state index contributed by atoms with van der Waals surface area (Å²) < 4.78 is 18.2. The molecule has 0 bridgehead atoms. The molecule has 0 aliphatic carbocycles. The molecule has 1 aromatic rings. The van der Waals surface area contributed by atoms with E-state index in [1.807, 2.05) is 13.0 Å². The monoisotopic (exact) mass is 334 g/mol. The van der Waals surface area contributed by atoms with Crippen molar-refractivity contribution in [2.75, 3.05) is 45.9 Å². The molecular weight excluding hydrogens is 304 g/mol. The summed E-state index contributed by atoms with van der Waals surface area (Å²) in [7, 11) is 0. The molecule has 2 unspecified atom stereocenters. The van der Waals surface area contributed by atoms with Crippen LogP contribution in [0.3, 0.4) is 0 Å². The Morgan fingerprint density at radius 3 is 2.83 bits per heavy atom. The van der Waals surface area contributed by atoms with Gasteiger partial charge in [0.2, 0.25) is 0 Å². The molecule has 5 nitrogen and oxygen atoms in total. The Labute approximate surface area is 144 Å². The van der Waals surface area contributed by atoms with E-state index < -0.39 is 0 Å². The zero-order valence-electron chi connectivity index (χ0n) is 14.8. The van der Waals surface area contributed by atoms with Crippen molar-refractivity contribution in [1.82, 2.24) is 9.80 Å². The number of aryl methyl sites for hydroxylation is 1. The largest absolute Gasteiger partial charge is 0.465 e. The molecule has 4 rings (SSSR count). The average molecular weight is 334 g/mol. The Kier molecular flexibility index (Phi) is 4.95. The lowest BCUT2D eigenvalue weighted by Gasteiger charge is -2.32. The third-order valence-electron chi connectivity index (χ3n) is 5.60. The maximum Gasteiger partial charge on any atom is 0.118 e. The molecule has 0 radical (unpaired) electrons. The summed E-state index contributed by atoms with van der Waals surface area (Å²) >= 11 is 0. The quantitative estimate of drug-likeness (QED) is 0.845. The molecule has 1 aromatic heterocycles. The van der Waals surface area contributed by atoms with Crippen LogP contribution >= 0.6 is 0 Å². The van der Waals surface area contributed by atoms with E-state index in [1.54, 1.807) is 0 Å². The molecule has 0 N–H and O–H groups in total. The summed E-state index contributed by atoms with van der Waals surface area (Å²) in [5, 5.41) is 0. The summed E-state index contributed by atoms with van der Waals surface area (Å²) in [6.45, 7) is 9.84. The molecule has 0 amide bonds. The molecule has 3 fully saturated rings. The molecule has 3 aliphatic rings. The molecule has 2 atom stereocenters. The highest BCUT2D eigenvalue weighted by Gasteiger charge is 2.43. The molecule has 134 valence electrons. The normalized spacial score (nSPS) is 32.6. The first kappa shape index (κ1) is 16.6. The van der Waals surface area contributed by atoms with Crippen molar-refractivity contribution in [1.29, 1.82) is 0 Å². The molecule has 1 spiro atoms. The second-order valence-electron chi connectivity index (χ2n) is 7.74. The van der Waals surface area contributed by atoms with Gasteiger partial charge in [0, 0.05) is 19.6 Å². The zero-order chi connectivity index (χ0) is 16.4. The van der Waals surface area contributed by atoms with Crippen LogP contribution in [0, 0.1) is 6.92 Å².